The van der Waals surface area contributed by atoms with Crippen molar-refractivity contribution in [2.45, 2.75) is 39.3 Å². The highest BCUT2D eigenvalue weighted by molar-refractivity contribution is 4.79. The zero-order chi connectivity index (χ0) is 10.6. The van der Waals surface area contributed by atoms with Gasteiger partial charge >= 0.3 is 0 Å². The summed E-state index contributed by atoms with van der Waals surface area (Å²) in [5, 5.41) is 12.9. The van der Waals surface area contributed by atoms with E-state index < -0.39 is 0 Å². The van der Waals surface area contributed by atoms with Crippen LogP contribution >= 0.6 is 0 Å². The summed E-state index contributed by atoms with van der Waals surface area (Å²) in [6, 6.07) is 0.574. The Kier molecular flexibility index (Phi) is 4.85. The smallest absolute Gasteiger partial charge is 0.0552 e. The van der Waals surface area contributed by atoms with E-state index in [4.69, 9.17) is 0 Å². The van der Waals surface area contributed by atoms with Gasteiger partial charge in [0.25, 0.3) is 0 Å². The van der Waals surface area contributed by atoms with Crippen molar-refractivity contribution in [3.63, 3.8) is 0 Å². The zero-order valence-electron chi connectivity index (χ0n) is 9.66. The summed E-state index contributed by atoms with van der Waals surface area (Å²) >= 11 is 0. The van der Waals surface area contributed by atoms with Crippen molar-refractivity contribution in [3.05, 3.63) is 0 Å². The van der Waals surface area contributed by atoms with Gasteiger partial charge in [-0.15, -0.1) is 0 Å². The van der Waals surface area contributed by atoms with E-state index in [-0.39, 0.29) is 6.10 Å². The Morgan fingerprint density at radius 2 is 2.14 bits per heavy atom. The predicted molar refractivity (Wildman–Crippen MR) is 59.4 cm³/mol. The molecule has 84 valence electrons. The standard InChI is InChI=1S/C11H24N2O/c1-9(2)12-5-7-13-6-4-11(8-13)10(3)14/h9-12,14H,4-8H2,1-3H3. The number of likely N-dealkylation sites (tertiary alicyclic amines) is 1. The van der Waals surface area contributed by atoms with Crippen molar-refractivity contribution in [1.29, 1.82) is 0 Å². The summed E-state index contributed by atoms with van der Waals surface area (Å²) in [5.41, 5.74) is 0. The van der Waals surface area contributed by atoms with Gasteiger partial charge in [0.05, 0.1) is 6.10 Å². The monoisotopic (exact) mass is 200 g/mol. The molecule has 0 amide bonds. The van der Waals surface area contributed by atoms with Gasteiger partial charge in [0.1, 0.15) is 0 Å². The molecule has 1 fully saturated rings. The SMILES string of the molecule is CC(C)NCCN1CCC(C(C)O)C1. The van der Waals surface area contributed by atoms with Crippen LogP contribution in [-0.2, 0) is 0 Å². The highest BCUT2D eigenvalue weighted by Gasteiger charge is 2.25. The average Bonchev–Trinajstić information content (AvgIpc) is 2.52. The molecule has 2 unspecified atom stereocenters. The summed E-state index contributed by atoms with van der Waals surface area (Å²) in [4.78, 5) is 2.44. The van der Waals surface area contributed by atoms with Crippen LogP contribution in [0.2, 0.25) is 0 Å². The summed E-state index contributed by atoms with van der Waals surface area (Å²) in [7, 11) is 0. The fourth-order valence-corrected chi connectivity index (χ4v) is 1.97. The van der Waals surface area contributed by atoms with Crippen molar-refractivity contribution in [1.82, 2.24) is 10.2 Å². The number of rotatable bonds is 5. The lowest BCUT2D eigenvalue weighted by Crippen LogP contribution is -2.34. The summed E-state index contributed by atoms with van der Waals surface area (Å²) < 4.78 is 0. The zero-order valence-corrected chi connectivity index (χ0v) is 9.66. The Hall–Kier alpha value is -0.120. The number of aliphatic hydroxyl groups excluding tert-OH is 1. The van der Waals surface area contributed by atoms with Crippen molar-refractivity contribution < 1.29 is 5.11 Å². The lowest BCUT2D eigenvalue weighted by atomic mass is 10.0. The van der Waals surface area contributed by atoms with Gasteiger partial charge in [0.2, 0.25) is 0 Å². The maximum absolute atomic E-state index is 9.44. The minimum atomic E-state index is -0.141. The van der Waals surface area contributed by atoms with E-state index in [9.17, 15) is 5.11 Å². The topological polar surface area (TPSA) is 35.5 Å². The van der Waals surface area contributed by atoms with Gasteiger partial charge in [0, 0.05) is 25.7 Å². The normalized spacial score (nSPS) is 25.9. The fourth-order valence-electron chi connectivity index (χ4n) is 1.97. The first-order valence-electron chi connectivity index (χ1n) is 5.73. The Balaban J connectivity index is 2.10. The second-order valence-corrected chi connectivity index (χ2v) is 4.70. The van der Waals surface area contributed by atoms with Crippen molar-refractivity contribution in [2.24, 2.45) is 5.92 Å². The molecule has 3 nitrogen and oxygen atoms in total. The molecule has 0 aromatic heterocycles. The van der Waals surface area contributed by atoms with Crippen molar-refractivity contribution >= 4 is 0 Å². The number of aliphatic hydroxyl groups is 1. The highest BCUT2D eigenvalue weighted by atomic mass is 16.3. The van der Waals surface area contributed by atoms with Gasteiger partial charge in [-0.3, -0.25) is 0 Å². The first-order valence-corrected chi connectivity index (χ1v) is 5.73. The lowest BCUT2D eigenvalue weighted by molar-refractivity contribution is 0.128. The molecule has 0 radical (unpaired) electrons. The van der Waals surface area contributed by atoms with Crippen LogP contribution in [0.15, 0.2) is 0 Å². The van der Waals surface area contributed by atoms with Gasteiger partial charge in [-0.05, 0) is 25.8 Å². The van der Waals surface area contributed by atoms with Crippen LogP contribution in [-0.4, -0.2) is 48.3 Å². The second kappa shape index (κ2) is 5.69. The van der Waals surface area contributed by atoms with Gasteiger partial charge in [-0.1, -0.05) is 13.8 Å². The van der Waals surface area contributed by atoms with Crippen LogP contribution in [0.1, 0.15) is 27.2 Å². The maximum atomic E-state index is 9.44. The van der Waals surface area contributed by atoms with E-state index in [2.05, 4.69) is 24.1 Å². The molecule has 0 spiro atoms. The minimum Gasteiger partial charge on any atom is -0.393 e. The molecule has 2 N–H and O–H groups in total. The molecule has 14 heavy (non-hydrogen) atoms. The number of nitrogens with zero attached hydrogens (tertiary/aromatic N) is 1. The first-order chi connectivity index (χ1) is 6.59. The molecule has 3 heteroatoms. The minimum absolute atomic E-state index is 0.141. The number of hydrogen-bond donors (Lipinski definition) is 2. The maximum Gasteiger partial charge on any atom is 0.0552 e. The third-order valence-electron chi connectivity index (χ3n) is 2.97. The second-order valence-electron chi connectivity index (χ2n) is 4.70. The molecule has 0 bridgehead atoms. The van der Waals surface area contributed by atoms with E-state index in [1.54, 1.807) is 0 Å². The van der Waals surface area contributed by atoms with E-state index in [0.717, 1.165) is 32.6 Å². The molecule has 1 aliphatic rings. The Morgan fingerprint density at radius 3 is 2.64 bits per heavy atom. The molecule has 1 heterocycles. The largest absolute Gasteiger partial charge is 0.393 e. The Morgan fingerprint density at radius 1 is 1.43 bits per heavy atom. The van der Waals surface area contributed by atoms with E-state index in [0.29, 0.717) is 12.0 Å². The Bertz CT molecular complexity index is 159. The van der Waals surface area contributed by atoms with Gasteiger partial charge < -0.3 is 15.3 Å². The fraction of sp³-hybridized carbons (Fsp3) is 1.00. The highest BCUT2D eigenvalue weighted by Crippen LogP contribution is 2.18. The van der Waals surface area contributed by atoms with Crippen LogP contribution in [0.5, 0.6) is 0 Å². The van der Waals surface area contributed by atoms with Gasteiger partial charge in [-0.2, -0.15) is 0 Å². The molecule has 1 saturated heterocycles. The quantitative estimate of drug-likeness (QED) is 0.685. The van der Waals surface area contributed by atoms with Crippen LogP contribution in [0.3, 0.4) is 0 Å². The van der Waals surface area contributed by atoms with Crippen LogP contribution in [0.4, 0.5) is 0 Å². The molecule has 1 rings (SSSR count). The van der Waals surface area contributed by atoms with Crippen LogP contribution < -0.4 is 5.32 Å². The third kappa shape index (κ3) is 3.95. The number of nitrogens with one attached hydrogen (secondary N) is 1. The van der Waals surface area contributed by atoms with Gasteiger partial charge in [-0.25, -0.2) is 0 Å². The Labute approximate surface area is 87.5 Å². The summed E-state index contributed by atoms with van der Waals surface area (Å²) in [6.07, 6.45) is 1.01. The molecule has 0 aromatic carbocycles. The molecular weight excluding hydrogens is 176 g/mol. The van der Waals surface area contributed by atoms with Gasteiger partial charge in [0.15, 0.2) is 0 Å². The van der Waals surface area contributed by atoms with Crippen molar-refractivity contribution in [3.8, 4) is 0 Å². The van der Waals surface area contributed by atoms with E-state index in [1.807, 2.05) is 6.92 Å². The molecule has 2 atom stereocenters. The summed E-state index contributed by atoms with van der Waals surface area (Å²) in [6.45, 7) is 10.6. The molecular formula is C11H24N2O. The third-order valence-corrected chi connectivity index (χ3v) is 2.97. The molecule has 0 aromatic rings. The van der Waals surface area contributed by atoms with E-state index in [1.165, 1.54) is 0 Å². The summed E-state index contributed by atoms with van der Waals surface area (Å²) in [5.74, 6) is 0.494. The van der Waals surface area contributed by atoms with Crippen LogP contribution in [0, 0.1) is 5.92 Å². The first kappa shape index (κ1) is 12.0. The average molecular weight is 200 g/mol. The lowest BCUT2D eigenvalue weighted by Gasteiger charge is -2.18. The van der Waals surface area contributed by atoms with Crippen LogP contribution in [0.25, 0.3) is 0 Å². The van der Waals surface area contributed by atoms with Crippen molar-refractivity contribution in [2.75, 3.05) is 26.2 Å². The predicted octanol–water partition coefficient (Wildman–Crippen LogP) is 0.687. The number of hydrogen-bond acceptors (Lipinski definition) is 3. The molecule has 1 aliphatic heterocycles. The molecule has 0 aliphatic carbocycles. The molecule has 0 saturated carbocycles. The van der Waals surface area contributed by atoms with E-state index >= 15 is 0 Å².